The maximum atomic E-state index is 12.2. The van der Waals surface area contributed by atoms with Gasteiger partial charge >= 0.3 is 5.97 Å². The van der Waals surface area contributed by atoms with Crippen molar-refractivity contribution in [2.24, 2.45) is 16.9 Å². The second-order valence-corrected chi connectivity index (χ2v) is 6.88. The first kappa shape index (κ1) is 21.2. The van der Waals surface area contributed by atoms with E-state index in [-0.39, 0.29) is 6.54 Å². The molecule has 0 bridgehead atoms. The van der Waals surface area contributed by atoms with Crippen LogP contribution in [-0.2, 0) is 9.59 Å². The third-order valence-electron chi connectivity index (χ3n) is 4.77. The SMILES string of the molecule is NN=CNc1cccc(C(=O)NCC(=O)NC(CC2CCCCC2)C(=O)O)c1. The third-order valence-corrected chi connectivity index (χ3v) is 4.77. The molecular weight excluding hydrogens is 362 g/mol. The number of nitrogens with two attached hydrogens (primary N) is 1. The summed E-state index contributed by atoms with van der Waals surface area (Å²) in [4.78, 5) is 35.8. The van der Waals surface area contributed by atoms with Gasteiger partial charge in [-0.3, -0.25) is 9.59 Å². The molecule has 1 atom stereocenters. The van der Waals surface area contributed by atoms with E-state index in [1.54, 1.807) is 24.3 Å². The second kappa shape index (κ2) is 10.9. The van der Waals surface area contributed by atoms with Crippen molar-refractivity contribution in [3.05, 3.63) is 29.8 Å². The molecule has 152 valence electrons. The summed E-state index contributed by atoms with van der Waals surface area (Å²) >= 11 is 0. The fourth-order valence-corrected chi connectivity index (χ4v) is 3.35. The van der Waals surface area contributed by atoms with E-state index in [1.807, 2.05) is 0 Å². The van der Waals surface area contributed by atoms with E-state index in [9.17, 15) is 19.5 Å². The van der Waals surface area contributed by atoms with Crippen LogP contribution in [0.15, 0.2) is 29.4 Å². The molecule has 0 radical (unpaired) electrons. The number of carbonyl (C=O) groups is 3. The molecule has 2 amide bonds. The second-order valence-electron chi connectivity index (χ2n) is 6.88. The Morgan fingerprint density at radius 3 is 2.68 bits per heavy atom. The van der Waals surface area contributed by atoms with Gasteiger partial charge < -0.3 is 26.9 Å². The van der Waals surface area contributed by atoms with Gasteiger partial charge in [-0.2, -0.15) is 5.10 Å². The monoisotopic (exact) mass is 389 g/mol. The minimum atomic E-state index is -1.05. The Kier molecular flexibility index (Phi) is 8.26. The summed E-state index contributed by atoms with van der Waals surface area (Å²) in [5.41, 5.74) is 0.963. The summed E-state index contributed by atoms with van der Waals surface area (Å²) < 4.78 is 0. The third kappa shape index (κ3) is 6.90. The lowest BCUT2D eigenvalue weighted by atomic mass is 9.85. The first-order valence-corrected chi connectivity index (χ1v) is 9.38. The van der Waals surface area contributed by atoms with Crippen molar-refractivity contribution in [1.29, 1.82) is 0 Å². The largest absolute Gasteiger partial charge is 0.480 e. The number of nitrogens with zero attached hydrogens (tertiary/aromatic N) is 1. The number of hydrazone groups is 1. The molecule has 1 saturated carbocycles. The number of nitrogens with one attached hydrogen (secondary N) is 3. The van der Waals surface area contributed by atoms with Gasteiger partial charge in [0.2, 0.25) is 5.91 Å². The van der Waals surface area contributed by atoms with Crippen LogP contribution in [0.25, 0.3) is 0 Å². The maximum Gasteiger partial charge on any atom is 0.326 e. The number of aliphatic carboxylic acids is 1. The Hall–Kier alpha value is -3.10. The molecule has 6 N–H and O–H groups in total. The van der Waals surface area contributed by atoms with Crippen molar-refractivity contribution >= 4 is 29.8 Å². The van der Waals surface area contributed by atoms with Crippen LogP contribution in [0.2, 0.25) is 0 Å². The molecule has 1 fully saturated rings. The zero-order valence-electron chi connectivity index (χ0n) is 15.7. The number of anilines is 1. The van der Waals surface area contributed by atoms with E-state index < -0.39 is 23.8 Å². The normalized spacial score (nSPS) is 15.7. The highest BCUT2D eigenvalue weighted by molar-refractivity contribution is 5.98. The predicted octanol–water partition coefficient (Wildman–Crippen LogP) is 1.27. The van der Waals surface area contributed by atoms with E-state index in [1.165, 1.54) is 12.8 Å². The Bertz CT molecular complexity index is 716. The number of carboxylic acids is 1. The van der Waals surface area contributed by atoms with Crippen molar-refractivity contribution in [3.63, 3.8) is 0 Å². The highest BCUT2D eigenvalue weighted by Crippen LogP contribution is 2.27. The van der Waals surface area contributed by atoms with Crippen LogP contribution in [0.4, 0.5) is 5.69 Å². The van der Waals surface area contributed by atoms with Gasteiger partial charge in [0.15, 0.2) is 0 Å². The molecule has 1 aromatic carbocycles. The first-order chi connectivity index (χ1) is 13.5. The van der Waals surface area contributed by atoms with Crippen LogP contribution >= 0.6 is 0 Å². The van der Waals surface area contributed by atoms with Gasteiger partial charge in [0, 0.05) is 11.3 Å². The average Bonchev–Trinajstić information content (AvgIpc) is 2.71. The molecule has 1 aromatic rings. The van der Waals surface area contributed by atoms with E-state index in [0.717, 1.165) is 25.7 Å². The highest BCUT2D eigenvalue weighted by Gasteiger charge is 2.25. The lowest BCUT2D eigenvalue weighted by Crippen LogP contribution is -2.46. The van der Waals surface area contributed by atoms with Gasteiger partial charge in [0.25, 0.3) is 5.91 Å². The minimum absolute atomic E-state index is 0.296. The molecule has 0 aliphatic heterocycles. The number of hydrogen-bond donors (Lipinski definition) is 5. The standard InChI is InChI=1S/C19H27N5O4/c20-23-12-22-15-8-4-7-14(10-15)18(26)21-11-17(25)24-16(19(27)28)9-13-5-2-1-3-6-13/h4,7-8,10,12-13,16H,1-3,5-6,9,11,20H2,(H,21,26)(H,22,23)(H,24,25)(H,27,28). The van der Waals surface area contributed by atoms with Crippen LogP contribution in [-0.4, -0.2) is 41.8 Å². The van der Waals surface area contributed by atoms with E-state index in [4.69, 9.17) is 5.84 Å². The van der Waals surface area contributed by atoms with Crippen molar-refractivity contribution in [2.75, 3.05) is 11.9 Å². The van der Waals surface area contributed by atoms with Crippen molar-refractivity contribution in [2.45, 2.75) is 44.6 Å². The summed E-state index contributed by atoms with van der Waals surface area (Å²) in [5.74, 6) is 3.31. The Morgan fingerprint density at radius 1 is 1.25 bits per heavy atom. The molecule has 0 saturated heterocycles. The number of hydrogen-bond acceptors (Lipinski definition) is 5. The quantitative estimate of drug-likeness (QED) is 0.186. The molecule has 0 heterocycles. The fourth-order valence-electron chi connectivity index (χ4n) is 3.35. The Balaban J connectivity index is 1.84. The molecule has 0 spiro atoms. The van der Waals surface area contributed by atoms with Gasteiger partial charge in [-0.15, -0.1) is 0 Å². The lowest BCUT2D eigenvalue weighted by molar-refractivity contribution is -0.142. The van der Waals surface area contributed by atoms with Crippen molar-refractivity contribution in [1.82, 2.24) is 10.6 Å². The molecule has 1 aliphatic carbocycles. The molecule has 0 aromatic heterocycles. The Morgan fingerprint density at radius 2 is 2.00 bits per heavy atom. The smallest absolute Gasteiger partial charge is 0.326 e. The van der Waals surface area contributed by atoms with Crippen molar-refractivity contribution < 1.29 is 19.5 Å². The molecule has 1 aliphatic rings. The summed E-state index contributed by atoms with van der Waals surface area (Å²) in [6, 6.07) is 5.65. The van der Waals surface area contributed by atoms with Crippen molar-refractivity contribution in [3.8, 4) is 0 Å². The minimum Gasteiger partial charge on any atom is -0.480 e. The van der Waals surface area contributed by atoms with Gasteiger partial charge in [0.05, 0.1) is 6.54 Å². The van der Waals surface area contributed by atoms with Crippen LogP contribution in [0.1, 0.15) is 48.9 Å². The van der Waals surface area contributed by atoms with Gasteiger partial charge in [0.1, 0.15) is 12.4 Å². The number of benzene rings is 1. The Labute approximate surface area is 163 Å². The maximum absolute atomic E-state index is 12.2. The molecule has 9 heteroatoms. The predicted molar refractivity (Wildman–Crippen MR) is 106 cm³/mol. The van der Waals surface area contributed by atoms with Crippen LogP contribution in [0.3, 0.4) is 0 Å². The molecule has 9 nitrogen and oxygen atoms in total. The van der Waals surface area contributed by atoms with Gasteiger partial charge in [-0.1, -0.05) is 38.2 Å². The summed E-state index contributed by atoms with van der Waals surface area (Å²) in [6.45, 7) is -0.296. The average molecular weight is 389 g/mol. The summed E-state index contributed by atoms with van der Waals surface area (Å²) in [6.07, 6.45) is 7.08. The number of carbonyl (C=O) groups excluding carboxylic acids is 2. The zero-order valence-corrected chi connectivity index (χ0v) is 15.7. The fraction of sp³-hybridized carbons (Fsp3) is 0.474. The lowest BCUT2D eigenvalue weighted by Gasteiger charge is -2.25. The van der Waals surface area contributed by atoms with Gasteiger partial charge in [-0.05, 0) is 30.5 Å². The van der Waals surface area contributed by atoms with Crippen LogP contribution in [0, 0.1) is 5.92 Å². The van der Waals surface area contributed by atoms with Gasteiger partial charge in [-0.25, -0.2) is 4.79 Å². The number of rotatable bonds is 9. The molecule has 28 heavy (non-hydrogen) atoms. The molecule has 2 rings (SSSR count). The van der Waals surface area contributed by atoms with Crippen LogP contribution in [0.5, 0.6) is 0 Å². The topological polar surface area (TPSA) is 146 Å². The zero-order chi connectivity index (χ0) is 20.4. The molecule has 1 unspecified atom stereocenters. The summed E-state index contributed by atoms with van der Waals surface area (Å²) in [5, 5.41) is 20.5. The van der Waals surface area contributed by atoms with E-state index in [0.29, 0.717) is 23.6 Å². The first-order valence-electron chi connectivity index (χ1n) is 9.38. The van der Waals surface area contributed by atoms with E-state index in [2.05, 4.69) is 21.1 Å². The summed E-state index contributed by atoms with van der Waals surface area (Å²) in [7, 11) is 0. The highest BCUT2D eigenvalue weighted by atomic mass is 16.4. The van der Waals surface area contributed by atoms with Crippen LogP contribution < -0.4 is 21.8 Å². The number of carboxylic acid groups (broad SMARTS) is 1. The molecular formula is C19H27N5O4. The number of amides is 2. The van der Waals surface area contributed by atoms with E-state index >= 15 is 0 Å².